The van der Waals surface area contributed by atoms with E-state index in [-0.39, 0.29) is 24.0 Å². The van der Waals surface area contributed by atoms with E-state index in [2.05, 4.69) is 15.1 Å². The van der Waals surface area contributed by atoms with Crippen LogP contribution in [0.5, 0.6) is 0 Å². The van der Waals surface area contributed by atoms with E-state index >= 15 is 0 Å². The fourth-order valence-corrected chi connectivity index (χ4v) is 2.22. The lowest BCUT2D eigenvalue weighted by atomic mass is 9.92. The lowest BCUT2D eigenvalue weighted by Gasteiger charge is -2.29. The van der Waals surface area contributed by atoms with E-state index in [9.17, 15) is 8.78 Å². The second-order valence-corrected chi connectivity index (χ2v) is 4.81. The average Bonchev–Trinajstić information content (AvgIpc) is 2.31. The van der Waals surface area contributed by atoms with E-state index < -0.39 is 5.92 Å². The van der Waals surface area contributed by atoms with Crippen LogP contribution in [-0.4, -0.2) is 16.9 Å². The molecule has 0 unspecified atom stereocenters. The van der Waals surface area contributed by atoms with Gasteiger partial charge in [0, 0.05) is 18.9 Å². The van der Waals surface area contributed by atoms with Crippen LogP contribution in [-0.2, 0) is 0 Å². The summed E-state index contributed by atoms with van der Waals surface area (Å²) in [5.41, 5.74) is 0.388. The van der Waals surface area contributed by atoms with Gasteiger partial charge in [0.15, 0.2) is 5.69 Å². The molecular formula is C12H12ClF2N3. The molecule has 0 bridgehead atoms. The van der Waals surface area contributed by atoms with Crippen molar-refractivity contribution in [2.75, 3.05) is 5.32 Å². The van der Waals surface area contributed by atoms with Gasteiger partial charge in [-0.25, -0.2) is 18.6 Å². The average molecular weight is 272 g/mol. The van der Waals surface area contributed by atoms with E-state index in [0.29, 0.717) is 24.3 Å². The first-order valence-electron chi connectivity index (χ1n) is 5.68. The first-order chi connectivity index (χ1) is 8.48. The number of hydrogen-bond acceptors (Lipinski definition) is 2. The first kappa shape index (κ1) is 13.0. The summed E-state index contributed by atoms with van der Waals surface area (Å²) < 4.78 is 26.0. The Morgan fingerprint density at radius 2 is 2.06 bits per heavy atom. The van der Waals surface area contributed by atoms with Crippen molar-refractivity contribution in [2.24, 2.45) is 0 Å². The summed E-state index contributed by atoms with van der Waals surface area (Å²) in [5.74, 6) is -2.06. The molecule has 6 heteroatoms. The molecule has 0 atom stereocenters. The standard InChI is InChI=1S/C12H12ClF2N3/c1-16-9-6-10(13)18-11(7-9)17-8-2-4-12(14,15)5-3-8/h6-8H,2-5H2,(H,17,18). The zero-order valence-electron chi connectivity index (χ0n) is 9.59. The van der Waals surface area contributed by atoms with Crippen molar-refractivity contribution in [2.45, 2.75) is 37.6 Å². The van der Waals surface area contributed by atoms with Gasteiger partial charge in [-0.2, -0.15) is 0 Å². The monoisotopic (exact) mass is 271 g/mol. The zero-order valence-corrected chi connectivity index (χ0v) is 10.3. The maximum absolute atomic E-state index is 13.0. The molecule has 0 saturated heterocycles. The summed E-state index contributed by atoms with van der Waals surface area (Å²) in [5, 5.41) is 3.29. The Labute approximate surface area is 109 Å². The van der Waals surface area contributed by atoms with Gasteiger partial charge >= 0.3 is 0 Å². The van der Waals surface area contributed by atoms with Gasteiger partial charge in [-0.05, 0) is 25.0 Å². The Bertz CT molecular complexity index is 475. The number of anilines is 1. The minimum atomic E-state index is -2.54. The van der Waals surface area contributed by atoms with Crippen molar-refractivity contribution < 1.29 is 8.78 Å². The molecule has 0 spiro atoms. The fourth-order valence-electron chi connectivity index (χ4n) is 2.02. The Kier molecular flexibility index (Phi) is 3.67. The molecule has 3 nitrogen and oxygen atoms in total. The number of nitrogens with zero attached hydrogens (tertiary/aromatic N) is 2. The van der Waals surface area contributed by atoms with E-state index in [1.807, 2.05) is 0 Å². The molecule has 1 heterocycles. The molecule has 18 heavy (non-hydrogen) atoms. The van der Waals surface area contributed by atoms with Crippen molar-refractivity contribution in [3.05, 3.63) is 28.7 Å². The van der Waals surface area contributed by atoms with Crippen molar-refractivity contribution in [1.82, 2.24) is 4.98 Å². The quantitative estimate of drug-likeness (QED) is 0.643. The third-order valence-corrected chi connectivity index (χ3v) is 3.17. The van der Waals surface area contributed by atoms with Crippen molar-refractivity contribution >= 4 is 23.1 Å². The van der Waals surface area contributed by atoms with Crippen LogP contribution in [0.2, 0.25) is 5.15 Å². The summed E-state index contributed by atoms with van der Waals surface area (Å²) in [7, 11) is 0. The topological polar surface area (TPSA) is 29.3 Å². The molecule has 1 aliphatic rings. The maximum atomic E-state index is 13.0. The largest absolute Gasteiger partial charge is 0.368 e. The maximum Gasteiger partial charge on any atom is 0.248 e. The van der Waals surface area contributed by atoms with Gasteiger partial charge in [-0.15, -0.1) is 0 Å². The minimum absolute atomic E-state index is 0.0332. The highest BCUT2D eigenvalue weighted by molar-refractivity contribution is 6.29. The second-order valence-electron chi connectivity index (χ2n) is 4.42. The van der Waals surface area contributed by atoms with Gasteiger partial charge in [0.1, 0.15) is 11.0 Å². The van der Waals surface area contributed by atoms with E-state index in [4.69, 9.17) is 18.2 Å². The lowest BCUT2D eigenvalue weighted by Crippen LogP contribution is -2.32. The zero-order chi connectivity index (χ0) is 13.2. The van der Waals surface area contributed by atoms with Crippen LogP contribution in [0.3, 0.4) is 0 Å². The van der Waals surface area contributed by atoms with Crippen molar-refractivity contribution in [3.8, 4) is 0 Å². The highest BCUT2D eigenvalue weighted by Crippen LogP contribution is 2.34. The second kappa shape index (κ2) is 5.07. The van der Waals surface area contributed by atoms with Crippen LogP contribution < -0.4 is 5.32 Å². The molecule has 0 aliphatic heterocycles. The molecule has 1 aromatic rings. The fraction of sp³-hybridized carbons (Fsp3) is 0.500. The van der Waals surface area contributed by atoms with E-state index in [1.54, 1.807) is 6.07 Å². The lowest BCUT2D eigenvalue weighted by molar-refractivity contribution is -0.0361. The third-order valence-electron chi connectivity index (χ3n) is 2.98. The number of rotatable bonds is 2. The molecule has 1 N–H and O–H groups in total. The smallest absolute Gasteiger partial charge is 0.248 e. The van der Waals surface area contributed by atoms with E-state index in [0.717, 1.165) is 0 Å². The van der Waals surface area contributed by atoms with Crippen LogP contribution in [0.1, 0.15) is 25.7 Å². The Morgan fingerprint density at radius 1 is 1.39 bits per heavy atom. The third kappa shape index (κ3) is 3.30. The molecule has 1 aromatic heterocycles. The highest BCUT2D eigenvalue weighted by atomic mass is 35.5. The summed E-state index contributed by atoms with van der Waals surface area (Å²) >= 11 is 5.78. The molecule has 1 aliphatic carbocycles. The highest BCUT2D eigenvalue weighted by Gasteiger charge is 2.34. The number of hydrogen-bond donors (Lipinski definition) is 1. The number of pyridine rings is 1. The molecule has 96 valence electrons. The Morgan fingerprint density at radius 3 is 2.67 bits per heavy atom. The summed E-state index contributed by atoms with van der Waals surface area (Å²) in [6.07, 6.45) is 0.574. The van der Waals surface area contributed by atoms with Gasteiger partial charge in [0.25, 0.3) is 0 Å². The molecule has 1 saturated carbocycles. The van der Waals surface area contributed by atoms with E-state index in [1.165, 1.54) is 6.07 Å². The molecule has 2 rings (SSSR count). The molecule has 1 fully saturated rings. The van der Waals surface area contributed by atoms with Crippen molar-refractivity contribution in [1.29, 1.82) is 0 Å². The predicted octanol–water partition coefficient (Wildman–Crippen LogP) is 4.28. The van der Waals surface area contributed by atoms with Gasteiger partial charge in [0.05, 0.1) is 6.57 Å². The number of alkyl halides is 2. The molecule has 0 aromatic carbocycles. The number of halogens is 3. The van der Waals surface area contributed by atoms with Crippen LogP contribution in [0.15, 0.2) is 12.1 Å². The van der Waals surface area contributed by atoms with Crippen LogP contribution in [0.25, 0.3) is 4.85 Å². The normalized spacial score (nSPS) is 19.2. The molecular weight excluding hydrogens is 260 g/mol. The van der Waals surface area contributed by atoms with Gasteiger partial charge < -0.3 is 5.32 Å². The van der Waals surface area contributed by atoms with Gasteiger partial charge in [-0.1, -0.05) is 11.6 Å². The summed E-state index contributed by atoms with van der Waals surface area (Å²) in [6, 6.07) is 3.01. The Hall–Kier alpha value is -1.41. The first-order valence-corrected chi connectivity index (χ1v) is 6.06. The molecule has 0 radical (unpaired) electrons. The van der Waals surface area contributed by atoms with Gasteiger partial charge in [0.2, 0.25) is 5.92 Å². The number of nitrogens with one attached hydrogen (secondary N) is 1. The van der Waals surface area contributed by atoms with Crippen molar-refractivity contribution in [3.63, 3.8) is 0 Å². The van der Waals surface area contributed by atoms with Crippen LogP contribution in [0, 0.1) is 6.57 Å². The number of aromatic nitrogens is 1. The van der Waals surface area contributed by atoms with Gasteiger partial charge in [-0.3, -0.25) is 0 Å². The minimum Gasteiger partial charge on any atom is -0.368 e. The summed E-state index contributed by atoms with van der Waals surface area (Å²) in [4.78, 5) is 7.31. The summed E-state index contributed by atoms with van der Waals surface area (Å²) in [6.45, 7) is 6.92. The predicted molar refractivity (Wildman–Crippen MR) is 66.3 cm³/mol. The SMILES string of the molecule is [C-]#[N+]c1cc(Cl)nc(NC2CCC(F)(F)CC2)c1. The molecule has 0 amide bonds. The van der Waals surface area contributed by atoms with Crippen LogP contribution >= 0.6 is 11.6 Å². The van der Waals surface area contributed by atoms with Crippen LogP contribution in [0.4, 0.5) is 20.3 Å². The Balaban J connectivity index is 2.02.